The molecule has 2 aliphatic rings. The van der Waals surface area contributed by atoms with Crippen LogP contribution in [0.4, 0.5) is 19.0 Å². The monoisotopic (exact) mass is 676 g/mol. The zero-order chi connectivity index (χ0) is 34.0. The number of amides is 1. The van der Waals surface area contributed by atoms with Crippen molar-refractivity contribution >= 4 is 27.6 Å². The molecule has 1 aliphatic carbocycles. The molecular formula is C33H39F3N4O6S. The summed E-state index contributed by atoms with van der Waals surface area (Å²) in [7, 11) is -3.06. The second kappa shape index (κ2) is 13.7. The zero-order valence-electron chi connectivity index (χ0n) is 26.9. The van der Waals surface area contributed by atoms with Crippen LogP contribution < -0.4 is 9.04 Å². The van der Waals surface area contributed by atoms with Crippen molar-refractivity contribution in [2.45, 2.75) is 88.9 Å². The van der Waals surface area contributed by atoms with Gasteiger partial charge in [-0.25, -0.2) is 12.7 Å². The third kappa shape index (κ3) is 7.03. The summed E-state index contributed by atoms with van der Waals surface area (Å²) in [6, 6.07) is 10.6. The topological polar surface area (TPSA) is 115 Å². The molecule has 2 heterocycles. The minimum absolute atomic E-state index is 0.0268. The van der Waals surface area contributed by atoms with Crippen LogP contribution in [0.15, 0.2) is 56.9 Å². The summed E-state index contributed by atoms with van der Waals surface area (Å²) < 4.78 is 85.4. The van der Waals surface area contributed by atoms with Gasteiger partial charge < -0.3 is 14.0 Å². The minimum atomic E-state index is -4.66. The number of aryl methyl sites for hydroxylation is 1. The van der Waals surface area contributed by atoms with Gasteiger partial charge in [-0.05, 0) is 50.8 Å². The van der Waals surface area contributed by atoms with Crippen molar-refractivity contribution in [2.75, 3.05) is 24.8 Å². The molecule has 2 aromatic carbocycles. The molecule has 0 radical (unpaired) electrons. The van der Waals surface area contributed by atoms with Crippen molar-refractivity contribution in [2.24, 2.45) is 4.99 Å². The van der Waals surface area contributed by atoms with E-state index in [0.29, 0.717) is 42.0 Å². The molecule has 0 unspecified atom stereocenters. The van der Waals surface area contributed by atoms with Gasteiger partial charge in [0.2, 0.25) is 0 Å². The van der Waals surface area contributed by atoms with Gasteiger partial charge in [0.25, 0.3) is 15.9 Å². The Hall–Kier alpha value is -3.91. The molecule has 0 saturated heterocycles. The molecule has 1 aliphatic heterocycles. The van der Waals surface area contributed by atoms with Crippen LogP contribution in [-0.2, 0) is 26.1 Å². The number of hydrogen-bond acceptors (Lipinski definition) is 8. The van der Waals surface area contributed by atoms with Crippen molar-refractivity contribution < 1.29 is 40.4 Å². The Morgan fingerprint density at radius 1 is 1.09 bits per heavy atom. The lowest BCUT2D eigenvalue weighted by Gasteiger charge is -2.24. The van der Waals surface area contributed by atoms with Crippen molar-refractivity contribution in [1.29, 1.82) is 0 Å². The van der Waals surface area contributed by atoms with Gasteiger partial charge in [0.05, 0.1) is 11.4 Å². The van der Waals surface area contributed by atoms with Gasteiger partial charge in [0.15, 0.2) is 12.4 Å². The largest absolute Gasteiger partial charge is 0.483 e. The van der Waals surface area contributed by atoms with Crippen molar-refractivity contribution in [3.63, 3.8) is 0 Å². The molecule has 0 atom stereocenters. The minimum Gasteiger partial charge on any atom is -0.483 e. The second-order valence-corrected chi connectivity index (χ2v) is 13.8. The normalized spacial score (nSPS) is 16.3. The molecule has 0 N–H and O–H groups in total. The summed E-state index contributed by atoms with van der Waals surface area (Å²) in [5.74, 6) is 0.869. The number of carbonyl (C=O) groups excluding carboxylic acids is 1. The van der Waals surface area contributed by atoms with Gasteiger partial charge in [0.1, 0.15) is 29.6 Å². The highest BCUT2D eigenvalue weighted by atomic mass is 32.2. The van der Waals surface area contributed by atoms with Gasteiger partial charge >= 0.3 is 6.18 Å². The molecule has 1 saturated carbocycles. The molecule has 3 aromatic rings. The van der Waals surface area contributed by atoms with E-state index in [-0.39, 0.29) is 40.0 Å². The Morgan fingerprint density at radius 2 is 1.81 bits per heavy atom. The Labute approximate surface area is 272 Å². The summed E-state index contributed by atoms with van der Waals surface area (Å²) in [6.07, 6.45) is 0.894. The highest BCUT2D eigenvalue weighted by molar-refractivity contribution is 7.93. The first-order chi connectivity index (χ1) is 22.3. The van der Waals surface area contributed by atoms with E-state index in [0.717, 1.165) is 30.0 Å². The lowest BCUT2D eigenvalue weighted by Crippen LogP contribution is -2.40. The lowest BCUT2D eigenvalue weighted by molar-refractivity contribution is -0.153. The molecular weight excluding hydrogens is 637 g/mol. The van der Waals surface area contributed by atoms with Gasteiger partial charge in [-0.2, -0.15) is 13.2 Å². The standard InChI is InChI=1S/C33H39F3N4O6S/c1-5-6-13-29-37-32(16-9-10-17-32)31(41)39(29)19-24-14-15-25(27(18-24)45-20-33(34,35)36)26-11-7-8-12-28(26)47(42,43)40(21-44-4)30-22(2)23(3)46-38-30/h7-8,11-12,14-15,18H,5-6,9-10,13,16-17,19-21H2,1-4H3. The Morgan fingerprint density at radius 3 is 2.45 bits per heavy atom. The average Bonchev–Trinajstić information content (AvgIpc) is 3.72. The van der Waals surface area contributed by atoms with E-state index in [1.54, 1.807) is 30.9 Å². The maximum atomic E-state index is 14.2. The number of hydrogen-bond donors (Lipinski definition) is 0. The predicted molar refractivity (Wildman–Crippen MR) is 170 cm³/mol. The number of carbonyl (C=O) groups is 1. The number of ether oxygens (including phenoxy) is 2. The van der Waals surface area contributed by atoms with E-state index < -0.39 is 35.1 Å². The van der Waals surface area contributed by atoms with Crippen LogP contribution >= 0.6 is 0 Å². The van der Waals surface area contributed by atoms with Crippen LogP contribution in [0.3, 0.4) is 0 Å². The van der Waals surface area contributed by atoms with Crippen molar-refractivity contribution in [1.82, 2.24) is 10.1 Å². The number of halogens is 3. The number of aromatic nitrogens is 1. The van der Waals surface area contributed by atoms with Crippen LogP contribution in [0, 0.1) is 13.8 Å². The van der Waals surface area contributed by atoms with E-state index in [4.69, 9.17) is 19.0 Å². The Balaban J connectivity index is 1.56. The summed E-state index contributed by atoms with van der Waals surface area (Å²) >= 11 is 0. The fourth-order valence-electron chi connectivity index (χ4n) is 6.08. The van der Waals surface area contributed by atoms with Crippen LogP contribution in [0.2, 0.25) is 0 Å². The molecule has 1 aromatic heterocycles. The van der Waals surface area contributed by atoms with Crippen LogP contribution in [-0.4, -0.2) is 62.4 Å². The smallest absolute Gasteiger partial charge is 0.422 e. The van der Waals surface area contributed by atoms with E-state index in [9.17, 15) is 26.4 Å². The number of benzene rings is 2. The van der Waals surface area contributed by atoms with Gasteiger partial charge in [0, 0.05) is 30.2 Å². The molecule has 14 heteroatoms. The molecule has 5 rings (SSSR count). The highest BCUT2D eigenvalue weighted by Gasteiger charge is 2.49. The first kappa shape index (κ1) is 34.4. The quantitative estimate of drug-likeness (QED) is 0.180. The molecule has 47 heavy (non-hydrogen) atoms. The third-order valence-electron chi connectivity index (χ3n) is 8.62. The highest BCUT2D eigenvalue weighted by Crippen LogP contribution is 2.42. The van der Waals surface area contributed by atoms with Crippen molar-refractivity contribution in [3.8, 4) is 16.9 Å². The SMILES string of the molecule is CCCCC1=NC2(CCCC2)C(=O)N1Cc1ccc(-c2ccccc2S(=O)(=O)N(COC)c2noc(C)c2C)c(OCC(F)(F)F)c1. The van der Waals surface area contributed by atoms with Crippen LogP contribution in [0.25, 0.3) is 11.1 Å². The third-order valence-corrected chi connectivity index (χ3v) is 10.4. The van der Waals surface area contributed by atoms with Crippen LogP contribution in [0.1, 0.15) is 68.8 Å². The number of sulfonamides is 1. The first-order valence-electron chi connectivity index (χ1n) is 15.6. The van der Waals surface area contributed by atoms with Gasteiger partial charge in [-0.15, -0.1) is 0 Å². The average molecular weight is 677 g/mol. The van der Waals surface area contributed by atoms with E-state index >= 15 is 0 Å². The maximum Gasteiger partial charge on any atom is 0.422 e. The number of aliphatic imine (C=N–C) groups is 1. The summed E-state index contributed by atoms with van der Waals surface area (Å²) in [6.45, 7) is 3.46. The molecule has 254 valence electrons. The molecule has 1 spiro atoms. The summed E-state index contributed by atoms with van der Waals surface area (Å²) in [5.41, 5.74) is 0.485. The fourth-order valence-corrected chi connectivity index (χ4v) is 7.67. The van der Waals surface area contributed by atoms with Crippen LogP contribution in [0.5, 0.6) is 5.75 Å². The number of unbranched alkanes of at least 4 members (excludes halogenated alkanes) is 1. The second-order valence-electron chi connectivity index (χ2n) is 12.0. The maximum absolute atomic E-state index is 14.2. The van der Waals surface area contributed by atoms with E-state index in [1.165, 1.54) is 37.4 Å². The number of alkyl halides is 3. The molecule has 1 amide bonds. The van der Waals surface area contributed by atoms with Gasteiger partial charge in [-0.3, -0.25) is 14.7 Å². The zero-order valence-corrected chi connectivity index (χ0v) is 27.7. The number of methoxy groups -OCH3 is 1. The number of amidine groups is 1. The predicted octanol–water partition coefficient (Wildman–Crippen LogP) is 6.94. The Bertz CT molecular complexity index is 1750. The summed E-state index contributed by atoms with van der Waals surface area (Å²) in [5, 5.41) is 3.92. The molecule has 10 nitrogen and oxygen atoms in total. The number of nitrogens with zero attached hydrogens (tertiary/aromatic N) is 4. The Kier molecular flexibility index (Phi) is 10.0. The molecule has 1 fully saturated rings. The van der Waals surface area contributed by atoms with Gasteiger partial charge in [-0.1, -0.05) is 61.7 Å². The lowest BCUT2D eigenvalue weighted by atomic mass is 9.98. The first-order valence-corrected chi connectivity index (χ1v) is 17.0. The molecule has 0 bridgehead atoms. The summed E-state index contributed by atoms with van der Waals surface area (Å²) in [4.78, 5) is 20.0. The number of rotatable bonds is 13. The fraction of sp³-hybridized carbons (Fsp3) is 0.485. The van der Waals surface area contributed by atoms with E-state index in [1.807, 2.05) is 0 Å². The van der Waals surface area contributed by atoms with E-state index in [2.05, 4.69) is 12.1 Å². The van der Waals surface area contributed by atoms with Crippen molar-refractivity contribution in [3.05, 3.63) is 59.4 Å². The number of anilines is 1.